The van der Waals surface area contributed by atoms with Crippen LogP contribution in [0.15, 0.2) is 41.0 Å². The predicted octanol–water partition coefficient (Wildman–Crippen LogP) is 3.79. The zero-order valence-corrected chi connectivity index (χ0v) is 17.8. The van der Waals surface area contributed by atoms with Gasteiger partial charge in [-0.05, 0) is 54.9 Å². The van der Waals surface area contributed by atoms with Crippen LogP contribution in [0.3, 0.4) is 0 Å². The third kappa shape index (κ3) is 4.06. The minimum atomic E-state index is -0.276. The number of carbonyl (C=O) groups is 2. The molecule has 0 spiro atoms. The van der Waals surface area contributed by atoms with Gasteiger partial charge in [0.25, 0.3) is 5.91 Å². The average Bonchev–Trinajstić information content (AvgIpc) is 3.05. The van der Waals surface area contributed by atoms with Gasteiger partial charge < -0.3 is 10.2 Å². The molecule has 1 N–H and O–H groups in total. The number of halogens is 1. The predicted molar refractivity (Wildman–Crippen MR) is 112 cm³/mol. The lowest BCUT2D eigenvalue weighted by molar-refractivity contribution is -0.116. The van der Waals surface area contributed by atoms with Crippen LogP contribution in [0.5, 0.6) is 0 Å². The molecule has 2 heterocycles. The van der Waals surface area contributed by atoms with E-state index in [2.05, 4.69) is 31.3 Å². The summed E-state index contributed by atoms with van der Waals surface area (Å²) in [5.74, 6) is -0.534. The number of rotatable bonds is 5. The first kappa shape index (κ1) is 20.0. The standard InChI is InChI=1S/C20H22BrN5O2/c1-12(2)26-19-14(10-22-26)9-15(13(3)23-19)20(28)25(4)11-18(27)24-17-8-6-5-7-16(17)21/h5-10,12H,11H2,1-4H3,(H,24,27). The fourth-order valence-electron chi connectivity index (χ4n) is 2.91. The van der Waals surface area contributed by atoms with Crippen molar-refractivity contribution in [1.82, 2.24) is 19.7 Å². The largest absolute Gasteiger partial charge is 0.332 e. The van der Waals surface area contributed by atoms with Crippen LogP contribution in [0.4, 0.5) is 5.69 Å². The Balaban J connectivity index is 1.76. The summed E-state index contributed by atoms with van der Waals surface area (Å²) in [6.45, 7) is 5.78. The molecule has 3 aromatic rings. The summed E-state index contributed by atoms with van der Waals surface area (Å²) < 4.78 is 2.61. The molecule has 0 atom stereocenters. The highest BCUT2D eigenvalue weighted by Crippen LogP contribution is 2.22. The van der Waals surface area contributed by atoms with Crippen LogP contribution >= 0.6 is 15.9 Å². The first-order chi connectivity index (χ1) is 13.3. The van der Waals surface area contributed by atoms with Crippen LogP contribution in [0.1, 0.15) is 35.9 Å². The maximum Gasteiger partial charge on any atom is 0.255 e. The Morgan fingerprint density at radius 2 is 2.00 bits per heavy atom. The summed E-state index contributed by atoms with van der Waals surface area (Å²) in [6.07, 6.45) is 1.71. The van der Waals surface area contributed by atoms with E-state index in [4.69, 9.17) is 0 Å². The van der Waals surface area contributed by atoms with Crippen molar-refractivity contribution in [2.45, 2.75) is 26.8 Å². The van der Waals surface area contributed by atoms with E-state index in [0.29, 0.717) is 16.9 Å². The molecule has 2 aromatic heterocycles. The van der Waals surface area contributed by atoms with E-state index >= 15 is 0 Å². The SMILES string of the molecule is Cc1nc2c(cnn2C(C)C)cc1C(=O)N(C)CC(=O)Nc1ccccc1Br. The van der Waals surface area contributed by atoms with Crippen LogP contribution in [0.2, 0.25) is 0 Å². The van der Waals surface area contributed by atoms with Crippen molar-refractivity contribution in [1.29, 1.82) is 0 Å². The highest BCUT2D eigenvalue weighted by molar-refractivity contribution is 9.10. The van der Waals surface area contributed by atoms with Gasteiger partial charge in [-0.1, -0.05) is 12.1 Å². The van der Waals surface area contributed by atoms with Gasteiger partial charge in [-0.3, -0.25) is 9.59 Å². The molecule has 146 valence electrons. The third-order valence-corrected chi connectivity index (χ3v) is 5.05. The van der Waals surface area contributed by atoms with Crippen molar-refractivity contribution in [3.05, 3.63) is 52.3 Å². The number of aromatic nitrogens is 3. The molecule has 2 amide bonds. The number of para-hydroxylation sites is 1. The lowest BCUT2D eigenvalue weighted by atomic mass is 10.1. The second-order valence-corrected chi connectivity index (χ2v) is 7.76. The number of anilines is 1. The number of benzene rings is 1. The topological polar surface area (TPSA) is 80.1 Å². The van der Waals surface area contributed by atoms with Crippen molar-refractivity contribution in [3.63, 3.8) is 0 Å². The molecule has 0 aliphatic carbocycles. The first-order valence-corrected chi connectivity index (χ1v) is 9.72. The van der Waals surface area contributed by atoms with E-state index in [-0.39, 0.29) is 24.4 Å². The summed E-state index contributed by atoms with van der Waals surface area (Å²) in [5, 5.41) is 7.94. The molecule has 0 aliphatic rings. The molecule has 8 heteroatoms. The Morgan fingerprint density at radius 1 is 1.29 bits per heavy atom. The molecule has 7 nitrogen and oxygen atoms in total. The monoisotopic (exact) mass is 443 g/mol. The van der Waals surface area contributed by atoms with Gasteiger partial charge in [-0.25, -0.2) is 9.67 Å². The number of amides is 2. The van der Waals surface area contributed by atoms with E-state index in [0.717, 1.165) is 15.5 Å². The van der Waals surface area contributed by atoms with Crippen molar-refractivity contribution in [2.24, 2.45) is 0 Å². The Kier molecular flexibility index (Phi) is 5.79. The number of nitrogens with zero attached hydrogens (tertiary/aromatic N) is 4. The fraction of sp³-hybridized carbons (Fsp3) is 0.300. The molecule has 3 rings (SSSR count). The van der Waals surface area contributed by atoms with Gasteiger partial charge in [0.2, 0.25) is 5.91 Å². The zero-order valence-electron chi connectivity index (χ0n) is 16.2. The number of aryl methyl sites for hydroxylation is 1. The molecule has 28 heavy (non-hydrogen) atoms. The maximum atomic E-state index is 12.9. The van der Waals surface area contributed by atoms with E-state index in [1.165, 1.54) is 4.90 Å². The van der Waals surface area contributed by atoms with Crippen molar-refractivity contribution in [2.75, 3.05) is 18.9 Å². The lowest BCUT2D eigenvalue weighted by Crippen LogP contribution is -2.35. The van der Waals surface area contributed by atoms with Crippen molar-refractivity contribution >= 4 is 44.5 Å². The Morgan fingerprint density at radius 3 is 2.68 bits per heavy atom. The minimum absolute atomic E-state index is 0.0666. The van der Waals surface area contributed by atoms with E-state index in [1.807, 2.05) is 36.7 Å². The molecule has 0 unspecified atom stereocenters. The van der Waals surface area contributed by atoms with Gasteiger partial charge in [0.05, 0.1) is 29.7 Å². The zero-order chi connectivity index (χ0) is 20.4. The van der Waals surface area contributed by atoms with Crippen molar-refractivity contribution in [3.8, 4) is 0 Å². The summed E-state index contributed by atoms with van der Waals surface area (Å²) in [6, 6.07) is 9.28. The summed E-state index contributed by atoms with van der Waals surface area (Å²) >= 11 is 3.39. The highest BCUT2D eigenvalue weighted by Gasteiger charge is 2.20. The molecule has 0 bridgehead atoms. The van der Waals surface area contributed by atoms with Crippen LogP contribution in [-0.4, -0.2) is 45.1 Å². The normalized spacial score (nSPS) is 11.1. The second kappa shape index (κ2) is 8.10. The second-order valence-electron chi connectivity index (χ2n) is 6.91. The molecule has 0 saturated heterocycles. The molecule has 1 aromatic carbocycles. The van der Waals surface area contributed by atoms with Gasteiger partial charge in [0, 0.05) is 22.9 Å². The van der Waals surface area contributed by atoms with Crippen LogP contribution in [-0.2, 0) is 4.79 Å². The quantitative estimate of drug-likeness (QED) is 0.650. The van der Waals surface area contributed by atoms with Crippen LogP contribution < -0.4 is 5.32 Å². The molecule has 0 radical (unpaired) electrons. The Hall–Kier alpha value is -2.74. The number of hydrogen-bond donors (Lipinski definition) is 1. The molecule has 0 fully saturated rings. The third-order valence-electron chi connectivity index (χ3n) is 4.35. The summed E-state index contributed by atoms with van der Waals surface area (Å²) in [4.78, 5) is 31.2. The first-order valence-electron chi connectivity index (χ1n) is 8.92. The number of pyridine rings is 1. The Bertz CT molecular complexity index is 1040. The molecular formula is C20H22BrN5O2. The molecule has 0 aliphatic heterocycles. The number of fused-ring (bicyclic) bond motifs is 1. The van der Waals surface area contributed by atoms with E-state index < -0.39 is 0 Å². The fourth-order valence-corrected chi connectivity index (χ4v) is 3.29. The van der Waals surface area contributed by atoms with Crippen LogP contribution in [0, 0.1) is 6.92 Å². The average molecular weight is 444 g/mol. The Labute approximate surface area is 171 Å². The number of nitrogens with one attached hydrogen (secondary N) is 1. The number of hydrogen-bond acceptors (Lipinski definition) is 4. The van der Waals surface area contributed by atoms with E-state index in [1.54, 1.807) is 32.3 Å². The molecular weight excluding hydrogens is 422 g/mol. The minimum Gasteiger partial charge on any atom is -0.332 e. The van der Waals surface area contributed by atoms with Gasteiger partial charge in [-0.15, -0.1) is 0 Å². The maximum absolute atomic E-state index is 12.9. The van der Waals surface area contributed by atoms with E-state index in [9.17, 15) is 9.59 Å². The van der Waals surface area contributed by atoms with Crippen molar-refractivity contribution < 1.29 is 9.59 Å². The molecule has 0 saturated carbocycles. The smallest absolute Gasteiger partial charge is 0.255 e. The van der Waals surface area contributed by atoms with Gasteiger partial charge in [0.15, 0.2) is 5.65 Å². The van der Waals surface area contributed by atoms with Gasteiger partial charge in [0.1, 0.15) is 0 Å². The summed E-state index contributed by atoms with van der Waals surface area (Å²) in [5.41, 5.74) is 2.48. The van der Waals surface area contributed by atoms with Gasteiger partial charge in [-0.2, -0.15) is 5.10 Å². The van der Waals surface area contributed by atoms with Crippen LogP contribution in [0.25, 0.3) is 11.0 Å². The number of likely N-dealkylation sites (N-methyl/N-ethyl adjacent to an activating group) is 1. The summed E-state index contributed by atoms with van der Waals surface area (Å²) in [7, 11) is 1.60. The number of carbonyl (C=O) groups excluding carboxylic acids is 2. The highest BCUT2D eigenvalue weighted by atomic mass is 79.9. The lowest BCUT2D eigenvalue weighted by Gasteiger charge is -2.18. The van der Waals surface area contributed by atoms with Gasteiger partial charge >= 0.3 is 0 Å².